The lowest BCUT2D eigenvalue weighted by atomic mass is 9.97. The van der Waals surface area contributed by atoms with Crippen molar-refractivity contribution in [2.45, 2.75) is 57.8 Å². The first-order chi connectivity index (χ1) is 15.7. The molecule has 0 saturated heterocycles. The molecule has 0 aromatic heterocycles. The van der Waals surface area contributed by atoms with Crippen LogP contribution in [0.2, 0.25) is 0 Å². The monoisotopic (exact) mass is 470 g/mol. The van der Waals surface area contributed by atoms with Crippen molar-refractivity contribution in [1.82, 2.24) is 5.32 Å². The molecule has 0 atom stereocenters. The average molecular weight is 471 g/mol. The molecule has 1 amide bonds. The minimum absolute atomic E-state index is 0.0448. The fourth-order valence-corrected chi connectivity index (χ4v) is 5.64. The number of anilines is 1. The fourth-order valence-electron chi connectivity index (χ4n) is 3.98. The molecule has 0 unspecified atom stereocenters. The minimum atomic E-state index is -4.05. The summed E-state index contributed by atoms with van der Waals surface area (Å²) in [6.45, 7) is 5.91. The van der Waals surface area contributed by atoms with E-state index in [9.17, 15) is 13.2 Å². The SMILES string of the molecule is COc1ccc(C)cc1S(=O)(=O)N(CC(=O)NCCC1=CCCCC1)c1ccc(C)c(C)c1. The molecular weight excluding hydrogens is 436 g/mol. The fraction of sp³-hybridized carbons (Fsp3) is 0.423. The second-order valence-corrected chi connectivity index (χ2v) is 10.5. The average Bonchev–Trinajstić information content (AvgIpc) is 2.80. The topological polar surface area (TPSA) is 75.7 Å². The standard InChI is InChI=1S/C26H34N2O4S/c1-19-10-13-24(32-4)25(16-19)33(30,31)28(23-12-11-20(2)21(3)17-23)18-26(29)27-15-14-22-8-6-5-7-9-22/h8,10-13,16-17H,5-7,9,14-15,18H2,1-4H3,(H,27,29). The molecule has 0 spiro atoms. The van der Waals surface area contributed by atoms with Gasteiger partial charge in [-0.1, -0.05) is 23.8 Å². The highest BCUT2D eigenvalue weighted by molar-refractivity contribution is 7.93. The van der Waals surface area contributed by atoms with E-state index in [1.165, 1.54) is 29.8 Å². The van der Waals surface area contributed by atoms with Gasteiger partial charge in [-0.15, -0.1) is 0 Å². The van der Waals surface area contributed by atoms with Gasteiger partial charge in [0.1, 0.15) is 17.2 Å². The molecule has 2 aromatic carbocycles. The van der Waals surface area contributed by atoms with Crippen molar-refractivity contribution >= 4 is 21.6 Å². The Morgan fingerprint density at radius 3 is 2.52 bits per heavy atom. The minimum Gasteiger partial charge on any atom is -0.495 e. The molecule has 3 rings (SSSR count). The van der Waals surface area contributed by atoms with Crippen molar-refractivity contribution in [3.63, 3.8) is 0 Å². The number of nitrogens with one attached hydrogen (secondary N) is 1. The van der Waals surface area contributed by atoms with E-state index >= 15 is 0 Å². The van der Waals surface area contributed by atoms with Crippen LogP contribution < -0.4 is 14.4 Å². The number of carbonyl (C=O) groups excluding carboxylic acids is 1. The Balaban J connectivity index is 1.88. The molecule has 0 bridgehead atoms. The Hall–Kier alpha value is -2.80. The molecule has 0 fully saturated rings. The van der Waals surface area contributed by atoms with Gasteiger partial charge in [0.25, 0.3) is 10.0 Å². The summed E-state index contributed by atoms with van der Waals surface area (Å²) in [5, 5.41) is 2.90. The molecule has 0 aliphatic heterocycles. The summed E-state index contributed by atoms with van der Waals surface area (Å²) in [5.41, 5.74) is 4.61. The first-order valence-corrected chi connectivity index (χ1v) is 12.9. The van der Waals surface area contributed by atoms with Gasteiger partial charge in [0, 0.05) is 6.54 Å². The van der Waals surface area contributed by atoms with Gasteiger partial charge in [-0.25, -0.2) is 8.42 Å². The van der Waals surface area contributed by atoms with Gasteiger partial charge in [0.05, 0.1) is 12.8 Å². The van der Waals surface area contributed by atoms with E-state index in [4.69, 9.17) is 4.74 Å². The molecule has 0 radical (unpaired) electrons. The second kappa shape index (κ2) is 10.9. The van der Waals surface area contributed by atoms with Crippen molar-refractivity contribution in [1.29, 1.82) is 0 Å². The summed E-state index contributed by atoms with van der Waals surface area (Å²) in [4.78, 5) is 12.9. The number of hydrogen-bond donors (Lipinski definition) is 1. The Morgan fingerprint density at radius 2 is 1.85 bits per heavy atom. The van der Waals surface area contributed by atoms with Crippen LogP contribution in [0, 0.1) is 20.8 Å². The molecule has 6 nitrogen and oxygen atoms in total. The van der Waals surface area contributed by atoms with Crippen LogP contribution >= 0.6 is 0 Å². The number of benzene rings is 2. The van der Waals surface area contributed by atoms with Crippen LogP contribution in [0.15, 0.2) is 52.9 Å². The Labute approximate surface area is 197 Å². The normalized spacial score (nSPS) is 13.9. The Kier molecular flexibility index (Phi) is 8.19. The summed E-state index contributed by atoms with van der Waals surface area (Å²) >= 11 is 0. The van der Waals surface area contributed by atoms with Gasteiger partial charge >= 0.3 is 0 Å². The van der Waals surface area contributed by atoms with Crippen molar-refractivity contribution in [3.8, 4) is 5.75 Å². The van der Waals surface area contributed by atoms with Gasteiger partial charge < -0.3 is 10.1 Å². The number of ether oxygens (including phenoxy) is 1. The summed E-state index contributed by atoms with van der Waals surface area (Å²) < 4.78 is 34.1. The number of aryl methyl sites for hydroxylation is 3. The lowest BCUT2D eigenvalue weighted by Crippen LogP contribution is -2.41. The highest BCUT2D eigenvalue weighted by Gasteiger charge is 2.30. The number of sulfonamides is 1. The zero-order valence-corrected chi connectivity index (χ0v) is 20.8. The number of rotatable bonds is 9. The first-order valence-electron chi connectivity index (χ1n) is 11.4. The van der Waals surface area contributed by atoms with Crippen LogP contribution in [0.25, 0.3) is 0 Å². The van der Waals surface area contributed by atoms with E-state index in [2.05, 4.69) is 11.4 Å². The number of allylic oxidation sites excluding steroid dienone is 1. The maximum atomic E-state index is 13.8. The highest BCUT2D eigenvalue weighted by atomic mass is 32.2. The number of amides is 1. The van der Waals surface area contributed by atoms with Crippen LogP contribution in [0.5, 0.6) is 5.75 Å². The van der Waals surface area contributed by atoms with Crippen LogP contribution in [0.3, 0.4) is 0 Å². The van der Waals surface area contributed by atoms with Gasteiger partial charge in [-0.05, 0) is 93.8 Å². The third-order valence-electron chi connectivity index (χ3n) is 6.11. The van der Waals surface area contributed by atoms with Gasteiger partial charge in [-0.2, -0.15) is 0 Å². The molecule has 178 valence electrons. The summed E-state index contributed by atoms with van der Waals surface area (Å²) in [6, 6.07) is 10.4. The molecule has 1 N–H and O–H groups in total. The zero-order chi connectivity index (χ0) is 24.0. The molecule has 33 heavy (non-hydrogen) atoms. The van der Waals surface area contributed by atoms with Crippen LogP contribution in [-0.4, -0.2) is 34.5 Å². The van der Waals surface area contributed by atoms with E-state index in [1.54, 1.807) is 30.3 Å². The van der Waals surface area contributed by atoms with E-state index in [-0.39, 0.29) is 23.1 Å². The quantitative estimate of drug-likeness (QED) is 0.533. The van der Waals surface area contributed by atoms with E-state index in [0.717, 1.165) is 36.0 Å². The maximum absolute atomic E-state index is 13.8. The lowest BCUT2D eigenvalue weighted by Gasteiger charge is -2.26. The number of nitrogens with zero attached hydrogens (tertiary/aromatic N) is 1. The Morgan fingerprint density at radius 1 is 1.06 bits per heavy atom. The first kappa shape index (κ1) is 24.8. The van der Waals surface area contributed by atoms with Crippen molar-refractivity contribution in [2.24, 2.45) is 0 Å². The van der Waals surface area contributed by atoms with Crippen LogP contribution in [0.1, 0.15) is 48.8 Å². The molecule has 1 aliphatic rings. The van der Waals surface area contributed by atoms with Crippen LogP contribution in [0.4, 0.5) is 5.69 Å². The molecule has 2 aromatic rings. The van der Waals surface area contributed by atoms with Crippen molar-refractivity contribution < 1.29 is 17.9 Å². The smallest absolute Gasteiger partial charge is 0.268 e. The molecule has 0 saturated carbocycles. The zero-order valence-electron chi connectivity index (χ0n) is 20.0. The van der Waals surface area contributed by atoms with Gasteiger partial charge in [0.2, 0.25) is 5.91 Å². The predicted octanol–water partition coefficient (Wildman–Crippen LogP) is 4.82. The maximum Gasteiger partial charge on any atom is 0.268 e. The lowest BCUT2D eigenvalue weighted by molar-refractivity contribution is -0.119. The molecule has 7 heteroatoms. The summed E-state index contributed by atoms with van der Waals surface area (Å²) in [5.74, 6) is -0.0843. The number of hydrogen-bond acceptors (Lipinski definition) is 4. The van der Waals surface area contributed by atoms with Gasteiger partial charge in [0.15, 0.2) is 0 Å². The third-order valence-corrected chi connectivity index (χ3v) is 7.90. The van der Waals surface area contributed by atoms with Crippen molar-refractivity contribution in [3.05, 3.63) is 64.7 Å². The molecule has 0 heterocycles. The van der Waals surface area contributed by atoms with E-state index in [1.807, 2.05) is 26.8 Å². The van der Waals surface area contributed by atoms with Crippen LogP contribution in [-0.2, 0) is 14.8 Å². The second-order valence-electron chi connectivity index (χ2n) is 8.64. The molecule has 1 aliphatic carbocycles. The Bertz CT molecular complexity index is 1140. The molecular formula is C26H34N2O4S. The number of methoxy groups -OCH3 is 1. The third kappa shape index (κ3) is 6.16. The highest BCUT2D eigenvalue weighted by Crippen LogP contribution is 2.31. The van der Waals surface area contributed by atoms with Crippen molar-refractivity contribution in [2.75, 3.05) is 24.5 Å². The van der Waals surface area contributed by atoms with Gasteiger partial charge in [-0.3, -0.25) is 9.10 Å². The van der Waals surface area contributed by atoms with E-state index < -0.39 is 10.0 Å². The number of carbonyl (C=O) groups is 1. The van der Waals surface area contributed by atoms with E-state index in [0.29, 0.717) is 12.2 Å². The summed E-state index contributed by atoms with van der Waals surface area (Å²) in [7, 11) is -2.61. The largest absolute Gasteiger partial charge is 0.495 e. The summed E-state index contributed by atoms with van der Waals surface area (Å²) in [6.07, 6.45) is 7.64. The predicted molar refractivity (Wildman–Crippen MR) is 132 cm³/mol.